The molecule has 1 aromatic carbocycles. The van der Waals surface area contributed by atoms with Crippen LogP contribution in [-0.4, -0.2) is 36.8 Å². The van der Waals surface area contributed by atoms with E-state index in [-0.39, 0.29) is 18.6 Å². The van der Waals surface area contributed by atoms with Gasteiger partial charge in [-0.05, 0) is 50.5 Å². The maximum atomic E-state index is 11.8. The average Bonchev–Trinajstić information content (AvgIpc) is 3.47. The van der Waals surface area contributed by atoms with E-state index in [9.17, 15) is 9.59 Å². The van der Waals surface area contributed by atoms with Crippen molar-refractivity contribution in [1.82, 2.24) is 10.5 Å². The summed E-state index contributed by atoms with van der Waals surface area (Å²) < 4.78 is 21.3. The number of hydrogen-bond acceptors (Lipinski definition) is 7. The van der Waals surface area contributed by atoms with Gasteiger partial charge in [-0.3, -0.25) is 4.79 Å². The molecule has 0 unspecified atom stereocenters. The molecule has 8 nitrogen and oxygen atoms in total. The zero-order valence-corrected chi connectivity index (χ0v) is 16.7. The standard InChI is InChI=1S/C21H24N2O6/c1-13-17(14(2)29-23-13)11-27-18-8-4-15(10-19(18)26-3)5-9-21(25)28-12-20(24)22-16-6-7-16/h4-5,8-10,16H,6-7,11-12H2,1-3H3,(H,22,24)/b9-5+. The molecule has 1 amide bonds. The Morgan fingerprint density at radius 3 is 2.72 bits per heavy atom. The highest BCUT2D eigenvalue weighted by molar-refractivity contribution is 5.89. The van der Waals surface area contributed by atoms with Crippen LogP contribution >= 0.6 is 0 Å². The van der Waals surface area contributed by atoms with Crippen molar-refractivity contribution in [3.05, 3.63) is 46.9 Å². The van der Waals surface area contributed by atoms with Gasteiger partial charge in [0.1, 0.15) is 12.4 Å². The van der Waals surface area contributed by atoms with Gasteiger partial charge in [-0.2, -0.15) is 0 Å². The maximum absolute atomic E-state index is 11.8. The molecule has 0 aliphatic heterocycles. The summed E-state index contributed by atoms with van der Waals surface area (Å²) in [6.07, 6.45) is 4.82. The lowest BCUT2D eigenvalue weighted by Gasteiger charge is -2.11. The van der Waals surface area contributed by atoms with Crippen LogP contribution in [-0.2, 0) is 20.9 Å². The van der Waals surface area contributed by atoms with Crippen molar-refractivity contribution in [2.75, 3.05) is 13.7 Å². The Bertz CT molecular complexity index is 894. The summed E-state index contributed by atoms with van der Waals surface area (Å²) in [6.45, 7) is 3.72. The van der Waals surface area contributed by atoms with Crippen LogP contribution in [0.1, 0.15) is 35.4 Å². The Kier molecular flexibility index (Phi) is 6.54. The van der Waals surface area contributed by atoms with Crippen LogP contribution < -0.4 is 14.8 Å². The van der Waals surface area contributed by atoms with Gasteiger partial charge in [-0.25, -0.2) is 4.79 Å². The molecule has 2 aromatic rings. The Morgan fingerprint density at radius 2 is 2.07 bits per heavy atom. The number of amides is 1. The van der Waals surface area contributed by atoms with E-state index < -0.39 is 5.97 Å². The third kappa shape index (κ3) is 5.84. The molecule has 1 heterocycles. The number of nitrogens with one attached hydrogen (secondary N) is 1. The molecule has 1 N–H and O–H groups in total. The fourth-order valence-corrected chi connectivity index (χ4v) is 2.61. The van der Waals surface area contributed by atoms with Crippen LogP contribution in [0.2, 0.25) is 0 Å². The molecule has 0 radical (unpaired) electrons. The summed E-state index contributed by atoms with van der Waals surface area (Å²) in [4.78, 5) is 23.3. The number of aromatic nitrogens is 1. The molecule has 1 aromatic heterocycles. The molecule has 1 fully saturated rings. The summed E-state index contributed by atoms with van der Waals surface area (Å²) in [7, 11) is 1.54. The lowest BCUT2D eigenvalue weighted by Crippen LogP contribution is -2.30. The number of carbonyl (C=O) groups excluding carboxylic acids is 2. The highest BCUT2D eigenvalue weighted by Crippen LogP contribution is 2.30. The van der Waals surface area contributed by atoms with Crippen LogP contribution in [0.15, 0.2) is 28.8 Å². The summed E-state index contributed by atoms with van der Waals surface area (Å²) in [5.41, 5.74) is 2.40. The van der Waals surface area contributed by atoms with Gasteiger partial charge in [0.2, 0.25) is 0 Å². The van der Waals surface area contributed by atoms with E-state index in [4.69, 9.17) is 18.7 Å². The molecule has 0 atom stereocenters. The number of methoxy groups -OCH3 is 1. The number of hydrogen-bond donors (Lipinski definition) is 1. The molecule has 154 valence electrons. The number of rotatable bonds is 9. The van der Waals surface area contributed by atoms with E-state index in [0.29, 0.717) is 23.9 Å². The lowest BCUT2D eigenvalue weighted by atomic mass is 10.2. The fourth-order valence-electron chi connectivity index (χ4n) is 2.61. The van der Waals surface area contributed by atoms with Crippen molar-refractivity contribution in [3.8, 4) is 11.5 Å². The quantitative estimate of drug-likeness (QED) is 0.510. The summed E-state index contributed by atoms with van der Waals surface area (Å²) >= 11 is 0. The molecular weight excluding hydrogens is 376 g/mol. The molecule has 0 saturated heterocycles. The van der Waals surface area contributed by atoms with Gasteiger partial charge in [-0.1, -0.05) is 11.2 Å². The third-order valence-corrected chi connectivity index (χ3v) is 4.44. The third-order valence-electron chi connectivity index (χ3n) is 4.44. The first kappa shape index (κ1) is 20.4. The van der Waals surface area contributed by atoms with Gasteiger partial charge in [0.15, 0.2) is 18.1 Å². The Morgan fingerprint density at radius 1 is 1.28 bits per heavy atom. The highest BCUT2D eigenvalue weighted by atomic mass is 16.5. The number of benzene rings is 1. The van der Waals surface area contributed by atoms with Crippen molar-refractivity contribution in [3.63, 3.8) is 0 Å². The molecular formula is C21H24N2O6. The Labute approximate surface area is 168 Å². The van der Waals surface area contributed by atoms with E-state index in [2.05, 4.69) is 10.5 Å². The number of ether oxygens (including phenoxy) is 3. The Balaban J connectivity index is 1.55. The van der Waals surface area contributed by atoms with Crippen LogP contribution in [0, 0.1) is 13.8 Å². The second-order valence-electron chi connectivity index (χ2n) is 6.78. The number of aryl methyl sites for hydroxylation is 2. The topological polar surface area (TPSA) is 99.9 Å². The molecule has 29 heavy (non-hydrogen) atoms. The van der Waals surface area contributed by atoms with Crippen molar-refractivity contribution in [2.45, 2.75) is 39.3 Å². The second kappa shape index (κ2) is 9.27. The van der Waals surface area contributed by atoms with Crippen molar-refractivity contribution < 1.29 is 28.3 Å². The minimum atomic E-state index is -0.589. The van der Waals surface area contributed by atoms with E-state index in [1.165, 1.54) is 6.08 Å². The zero-order valence-electron chi connectivity index (χ0n) is 16.7. The van der Waals surface area contributed by atoms with E-state index in [0.717, 1.165) is 29.7 Å². The highest BCUT2D eigenvalue weighted by Gasteiger charge is 2.23. The molecule has 0 bridgehead atoms. The minimum absolute atomic E-state index is 0.238. The first-order valence-electron chi connectivity index (χ1n) is 9.33. The average molecular weight is 400 g/mol. The van der Waals surface area contributed by atoms with Gasteiger partial charge in [0.05, 0.1) is 18.4 Å². The zero-order chi connectivity index (χ0) is 20.8. The molecule has 8 heteroatoms. The van der Waals surface area contributed by atoms with Crippen LogP contribution in [0.25, 0.3) is 6.08 Å². The van der Waals surface area contributed by atoms with E-state index in [1.54, 1.807) is 31.4 Å². The van der Waals surface area contributed by atoms with Gasteiger partial charge >= 0.3 is 5.97 Å². The first-order chi connectivity index (χ1) is 14.0. The number of nitrogens with zero attached hydrogens (tertiary/aromatic N) is 1. The van der Waals surface area contributed by atoms with Crippen LogP contribution in [0.5, 0.6) is 11.5 Å². The predicted molar refractivity (Wildman–Crippen MR) is 104 cm³/mol. The predicted octanol–water partition coefficient (Wildman–Crippen LogP) is 2.71. The number of carbonyl (C=O) groups is 2. The number of esters is 1. The second-order valence-corrected chi connectivity index (χ2v) is 6.78. The fraction of sp³-hybridized carbons (Fsp3) is 0.381. The Hall–Kier alpha value is -3.29. The summed E-state index contributed by atoms with van der Waals surface area (Å²) in [6, 6.07) is 5.52. The summed E-state index contributed by atoms with van der Waals surface area (Å²) in [5.74, 6) is 0.926. The SMILES string of the molecule is COc1cc(/C=C/C(=O)OCC(=O)NC2CC2)ccc1OCc1c(C)noc1C. The lowest BCUT2D eigenvalue weighted by molar-refractivity contribution is -0.143. The van der Waals surface area contributed by atoms with Gasteiger partial charge in [0, 0.05) is 12.1 Å². The molecule has 1 aliphatic rings. The monoisotopic (exact) mass is 400 g/mol. The first-order valence-corrected chi connectivity index (χ1v) is 9.33. The van der Waals surface area contributed by atoms with Crippen LogP contribution in [0.4, 0.5) is 0 Å². The molecule has 1 aliphatic carbocycles. The van der Waals surface area contributed by atoms with Gasteiger partial charge < -0.3 is 24.1 Å². The minimum Gasteiger partial charge on any atom is -0.493 e. The van der Waals surface area contributed by atoms with Gasteiger partial charge in [-0.15, -0.1) is 0 Å². The summed E-state index contributed by atoms with van der Waals surface area (Å²) in [5, 5.41) is 6.66. The van der Waals surface area contributed by atoms with Crippen molar-refractivity contribution >= 4 is 18.0 Å². The largest absolute Gasteiger partial charge is 0.493 e. The van der Waals surface area contributed by atoms with E-state index in [1.807, 2.05) is 13.8 Å². The van der Waals surface area contributed by atoms with Crippen LogP contribution in [0.3, 0.4) is 0 Å². The van der Waals surface area contributed by atoms with Crippen molar-refractivity contribution in [2.24, 2.45) is 0 Å². The normalized spacial score (nSPS) is 13.3. The molecule has 0 spiro atoms. The van der Waals surface area contributed by atoms with Gasteiger partial charge in [0.25, 0.3) is 5.91 Å². The maximum Gasteiger partial charge on any atom is 0.331 e. The van der Waals surface area contributed by atoms with Crippen molar-refractivity contribution in [1.29, 1.82) is 0 Å². The molecule has 3 rings (SSSR count). The smallest absolute Gasteiger partial charge is 0.331 e. The molecule has 1 saturated carbocycles. The van der Waals surface area contributed by atoms with E-state index >= 15 is 0 Å².